The smallest absolute Gasteiger partial charge is 0.0893 e. The molecule has 0 saturated heterocycles. The maximum Gasteiger partial charge on any atom is 0.0893 e. The summed E-state index contributed by atoms with van der Waals surface area (Å²) in [7, 11) is 0. The Morgan fingerprint density at radius 2 is 1.52 bits per heavy atom. The largest absolute Gasteiger partial charge is 0.248 e. The van der Waals surface area contributed by atoms with E-state index in [4.69, 9.17) is 9.97 Å². The van der Waals surface area contributed by atoms with Gasteiger partial charge < -0.3 is 0 Å². The van der Waals surface area contributed by atoms with Crippen molar-refractivity contribution in [3.63, 3.8) is 0 Å². The van der Waals surface area contributed by atoms with Gasteiger partial charge in [0.05, 0.1) is 22.4 Å². The molecular formula is C17H22N2S2. The zero-order valence-corrected chi connectivity index (χ0v) is 14.7. The molecule has 21 heavy (non-hydrogen) atoms. The van der Waals surface area contributed by atoms with Gasteiger partial charge in [0.2, 0.25) is 0 Å². The Balaban J connectivity index is 2.03. The van der Waals surface area contributed by atoms with Gasteiger partial charge in [-0.2, -0.15) is 23.5 Å². The van der Waals surface area contributed by atoms with Gasteiger partial charge in [0, 0.05) is 22.0 Å². The summed E-state index contributed by atoms with van der Waals surface area (Å²) in [6.45, 7) is 9.07. The van der Waals surface area contributed by atoms with E-state index in [0.29, 0.717) is 16.4 Å². The first-order valence-electron chi connectivity index (χ1n) is 7.57. The zero-order valence-electron chi connectivity index (χ0n) is 13.1. The molecule has 1 aliphatic heterocycles. The molecule has 2 nitrogen and oxygen atoms in total. The molecule has 2 unspecified atom stereocenters. The molecule has 0 fully saturated rings. The Hall–Kier alpha value is -0.740. The fourth-order valence-corrected chi connectivity index (χ4v) is 4.74. The highest BCUT2D eigenvalue weighted by Gasteiger charge is 2.20. The van der Waals surface area contributed by atoms with E-state index in [2.05, 4.69) is 45.9 Å². The van der Waals surface area contributed by atoms with Crippen LogP contribution in [0, 0.1) is 0 Å². The molecule has 0 aliphatic carbocycles. The second-order valence-corrected chi connectivity index (χ2v) is 8.78. The minimum atomic E-state index is 0.531. The standard InChI is InChI=1S/C17H22N2S2/c1-10(2)13-5-6-14-15(7-13)19-17-9-21-12(4)11(3)20-8-16(17)18-14/h5-7,10-12H,8-9H2,1-4H3. The van der Waals surface area contributed by atoms with Gasteiger partial charge in [-0.3, -0.25) is 0 Å². The number of rotatable bonds is 1. The van der Waals surface area contributed by atoms with E-state index in [1.165, 1.54) is 17.0 Å². The summed E-state index contributed by atoms with van der Waals surface area (Å²) >= 11 is 4.00. The van der Waals surface area contributed by atoms with Crippen LogP contribution < -0.4 is 0 Å². The Morgan fingerprint density at radius 1 is 0.952 bits per heavy atom. The maximum absolute atomic E-state index is 4.92. The van der Waals surface area contributed by atoms with Gasteiger partial charge in [-0.05, 0) is 23.6 Å². The first-order valence-corrected chi connectivity index (χ1v) is 9.67. The average molecular weight is 319 g/mol. The normalized spacial score (nSPS) is 22.9. The lowest BCUT2D eigenvalue weighted by Gasteiger charge is -2.23. The van der Waals surface area contributed by atoms with Crippen molar-refractivity contribution >= 4 is 34.6 Å². The Morgan fingerprint density at radius 3 is 2.10 bits per heavy atom. The van der Waals surface area contributed by atoms with E-state index < -0.39 is 0 Å². The van der Waals surface area contributed by atoms with Crippen molar-refractivity contribution in [3.05, 3.63) is 35.2 Å². The number of hydrogen-bond donors (Lipinski definition) is 0. The van der Waals surface area contributed by atoms with Crippen LogP contribution in [0.1, 0.15) is 50.6 Å². The van der Waals surface area contributed by atoms with Gasteiger partial charge in [0.25, 0.3) is 0 Å². The first kappa shape index (κ1) is 15.2. The van der Waals surface area contributed by atoms with Crippen molar-refractivity contribution in [1.29, 1.82) is 0 Å². The second kappa shape index (κ2) is 6.17. The van der Waals surface area contributed by atoms with Gasteiger partial charge in [0.1, 0.15) is 0 Å². The van der Waals surface area contributed by atoms with Gasteiger partial charge in [-0.15, -0.1) is 0 Å². The van der Waals surface area contributed by atoms with E-state index >= 15 is 0 Å². The molecule has 0 radical (unpaired) electrons. The number of fused-ring (bicyclic) bond motifs is 2. The second-order valence-electron chi connectivity index (χ2n) is 6.05. The fourth-order valence-electron chi connectivity index (χ4n) is 2.43. The highest BCUT2D eigenvalue weighted by molar-refractivity contribution is 8.03. The number of hydrogen-bond acceptors (Lipinski definition) is 4. The monoisotopic (exact) mass is 318 g/mol. The molecular weight excluding hydrogens is 296 g/mol. The molecule has 1 aliphatic rings. The highest BCUT2D eigenvalue weighted by Crippen LogP contribution is 2.33. The van der Waals surface area contributed by atoms with E-state index in [0.717, 1.165) is 22.5 Å². The lowest BCUT2D eigenvalue weighted by Crippen LogP contribution is -2.16. The van der Waals surface area contributed by atoms with Gasteiger partial charge in [-0.1, -0.05) is 33.8 Å². The molecule has 2 atom stereocenters. The number of nitrogens with zero attached hydrogens (tertiary/aromatic N) is 2. The average Bonchev–Trinajstić information content (AvgIpc) is 2.47. The maximum atomic E-state index is 4.92. The van der Waals surface area contributed by atoms with Crippen molar-refractivity contribution in [2.45, 2.75) is 55.6 Å². The van der Waals surface area contributed by atoms with Crippen molar-refractivity contribution in [2.24, 2.45) is 0 Å². The van der Waals surface area contributed by atoms with Crippen LogP contribution in [0.4, 0.5) is 0 Å². The molecule has 2 heterocycles. The van der Waals surface area contributed by atoms with Gasteiger partial charge in [0.15, 0.2) is 0 Å². The molecule has 1 aromatic carbocycles. The van der Waals surface area contributed by atoms with Crippen molar-refractivity contribution in [1.82, 2.24) is 9.97 Å². The lowest BCUT2D eigenvalue weighted by atomic mass is 10.0. The van der Waals surface area contributed by atoms with E-state index in [1.807, 2.05) is 23.5 Å². The lowest BCUT2D eigenvalue weighted by molar-refractivity contribution is 0.867. The third-order valence-corrected chi connectivity index (χ3v) is 7.06. The summed E-state index contributed by atoms with van der Waals surface area (Å²) in [4.78, 5) is 9.80. The Kier molecular flexibility index (Phi) is 4.46. The molecule has 4 heteroatoms. The number of thioether (sulfide) groups is 2. The molecule has 2 aromatic rings. The van der Waals surface area contributed by atoms with E-state index in [9.17, 15) is 0 Å². The van der Waals surface area contributed by atoms with Crippen LogP contribution in [0.3, 0.4) is 0 Å². The fraction of sp³-hybridized carbons (Fsp3) is 0.529. The third kappa shape index (κ3) is 3.21. The van der Waals surface area contributed by atoms with Crippen molar-refractivity contribution in [2.75, 3.05) is 0 Å². The quantitative estimate of drug-likeness (QED) is 0.738. The minimum absolute atomic E-state index is 0.531. The highest BCUT2D eigenvalue weighted by atomic mass is 32.2. The minimum Gasteiger partial charge on any atom is -0.248 e. The zero-order chi connectivity index (χ0) is 15.0. The van der Waals surface area contributed by atoms with Crippen LogP contribution in [-0.4, -0.2) is 20.5 Å². The molecule has 0 amide bonds. The van der Waals surface area contributed by atoms with Crippen LogP contribution in [-0.2, 0) is 11.5 Å². The van der Waals surface area contributed by atoms with Gasteiger partial charge >= 0.3 is 0 Å². The van der Waals surface area contributed by atoms with Crippen LogP contribution in [0.15, 0.2) is 18.2 Å². The topological polar surface area (TPSA) is 25.8 Å². The van der Waals surface area contributed by atoms with Crippen molar-refractivity contribution in [3.8, 4) is 0 Å². The predicted octanol–water partition coefficient (Wildman–Crippen LogP) is 5.01. The SMILES string of the molecule is CC(C)c1ccc2nc3c(nc2c1)CSC(C)C(C)SC3. The van der Waals surface area contributed by atoms with Crippen LogP contribution in [0.25, 0.3) is 11.0 Å². The van der Waals surface area contributed by atoms with Crippen LogP contribution in [0.5, 0.6) is 0 Å². The molecule has 0 saturated carbocycles. The summed E-state index contributed by atoms with van der Waals surface area (Å²) in [5, 5.41) is 1.34. The summed E-state index contributed by atoms with van der Waals surface area (Å²) in [6, 6.07) is 6.51. The predicted molar refractivity (Wildman–Crippen MR) is 95.1 cm³/mol. The van der Waals surface area contributed by atoms with Crippen LogP contribution in [0.2, 0.25) is 0 Å². The third-order valence-electron chi connectivity index (χ3n) is 4.14. The Labute approximate surface area is 135 Å². The van der Waals surface area contributed by atoms with Crippen LogP contribution >= 0.6 is 23.5 Å². The molecule has 0 spiro atoms. The first-order chi connectivity index (χ1) is 10.0. The summed E-state index contributed by atoms with van der Waals surface area (Å²) in [5.41, 5.74) is 5.78. The molecule has 3 rings (SSSR count). The summed E-state index contributed by atoms with van der Waals surface area (Å²) < 4.78 is 0. The molecule has 1 aromatic heterocycles. The van der Waals surface area contributed by atoms with E-state index in [1.54, 1.807) is 0 Å². The number of benzene rings is 1. The number of aromatic nitrogens is 2. The Bertz CT molecular complexity index is 655. The van der Waals surface area contributed by atoms with Crippen molar-refractivity contribution < 1.29 is 0 Å². The van der Waals surface area contributed by atoms with E-state index in [-0.39, 0.29) is 0 Å². The van der Waals surface area contributed by atoms with Gasteiger partial charge in [-0.25, -0.2) is 9.97 Å². The summed E-state index contributed by atoms with van der Waals surface area (Å²) in [6.07, 6.45) is 0. The molecule has 0 bridgehead atoms. The summed E-state index contributed by atoms with van der Waals surface area (Å²) in [5.74, 6) is 2.50. The molecule has 0 N–H and O–H groups in total. The molecule has 112 valence electrons.